The van der Waals surface area contributed by atoms with Crippen molar-refractivity contribution in [2.75, 3.05) is 26.0 Å². The molecule has 3 aliphatic rings. The van der Waals surface area contributed by atoms with Crippen molar-refractivity contribution in [1.29, 1.82) is 0 Å². The molecular formula is C43H49N5O3S2. The monoisotopic (exact) mass is 747 g/mol. The average molecular weight is 748 g/mol. The van der Waals surface area contributed by atoms with Gasteiger partial charge < -0.3 is 31.9 Å². The third-order valence-corrected chi connectivity index (χ3v) is 13.5. The SMILES string of the molecule is CC#Cc1ccc(-c2ccc(C(=O)C3CCC4C(NC(N)=NC)C(c5cc(O)cc(NCC(C)O)c5)CCC5=c6ccc(CNC)cc6=CC3C54)s2)s1. The maximum atomic E-state index is 14.7. The first-order valence-corrected chi connectivity index (χ1v) is 20.2. The highest BCUT2D eigenvalue weighted by Crippen LogP contribution is 2.53. The number of ketones is 1. The Morgan fingerprint density at radius 2 is 1.87 bits per heavy atom. The zero-order valence-electron chi connectivity index (χ0n) is 30.8. The van der Waals surface area contributed by atoms with Crippen LogP contribution in [0.15, 0.2) is 65.7 Å². The van der Waals surface area contributed by atoms with Crippen LogP contribution in [0.5, 0.6) is 5.75 Å². The van der Waals surface area contributed by atoms with Crippen LogP contribution in [0.2, 0.25) is 0 Å². The number of fused-ring (bicyclic) bond motifs is 1. The lowest BCUT2D eigenvalue weighted by Crippen LogP contribution is -2.53. The van der Waals surface area contributed by atoms with Gasteiger partial charge in [0.25, 0.3) is 0 Å². The third-order valence-electron chi connectivity index (χ3n) is 11.2. The van der Waals surface area contributed by atoms with E-state index in [1.807, 2.05) is 26.1 Å². The van der Waals surface area contributed by atoms with Gasteiger partial charge in [-0.25, -0.2) is 0 Å². The van der Waals surface area contributed by atoms with E-state index >= 15 is 0 Å². The van der Waals surface area contributed by atoms with E-state index in [2.05, 4.69) is 81.3 Å². The highest BCUT2D eigenvalue weighted by atomic mass is 32.1. The summed E-state index contributed by atoms with van der Waals surface area (Å²) in [4.78, 5) is 23.1. The molecule has 0 bridgehead atoms. The minimum atomic E-state index is -0.530. The lowest BCUT2D eigenvalue weighted by molar-refractivity contribution is 0.0757. The van der Waals surface area contributed by atoms with Crippen LogP contribution >= 0.6 is 22.7 Å². The standard InChI is InChI=1S/C43H49N5O3S2/c1-5-6-30-8-14-37(52-30)38-15-16-39(53-38)42(51)34-12-13-35-40-33(31-9-7-25(23-45-3)17-26(31)20-36(34)40)11-10-32(41(35)48-43(44)46-4)27-18-28(21-29(50)19-27)47-22-24(2)49/h7-9,14-21,24,32,34-36,40-41,45,47,49-50H,10-13,22-23H2,1-4H3,(H3,44,46,48). The molecule has 53 heavy (non-hydrogen) atoms. The van der Waals surface area contributed by atoms with Crippen LogP contribution in [-0.4, -0.2) is 54.7 Å². The van der Waals surface area contributed by atoms with E-state index in [9.17, 15) is 15.0 Å². The fourth-order valence-corrected chi connectivity index (χ4v) is 11.0. The summed E-state index contributed by atoms with van der Waals surface area (Å²) < 4.78 is 0. The van der Waals surface area contributed by atoms with Crippen LogP contribution in [0.25, 0.3) is 21.4 Å². The van der Waals surface area contributed by atoms with E-state index in [0.29, 0.717) is 12.5 Å². The number of guanidine groups is 1. The second kappa shape index (κ2) is 15.9. The zero-order chi connectivity index (χ0) is 37.2. The van der Waals surface area contributed by atoms with Gasteiger partial charge in [0, 0.05) is 59.5 Å². The van der Waals surface area contributed by atoms with Crippen molar-refractivity contribution in [3.63, 3.8) is 0 Å². The topological polar surface area (TPSA) is 132 Å². The highest BCUT2D eigenvalue weighted by molar-refractivity contribution is 7.23. The number of benzene rings is 2. The summed E-state index contributed by atoms with van der Waals surface area (Å²) in [5.41, 5.74) is 10.9. The Bertz CT molecular complexity index is 2210. The Kier molecular flexibility index (Phi) is 11.1. The number of aliphatic imine (C=N–C) groups is 1. The number of phenols is 1. The van der Waals surface area contributed by atoms with Gasteiger partial charge in [0.2, 0.25) is 0 Å². The minimum Gasteiger partial charge on any atom is -0.508 e. The number of hydrogen-bond donors (Lipinski definition) is 6. The molecule has 7 N–H and O–H groups in total. The Hall–Kier alpha value is -4.40. The van der Waals surface area contributed by atoms with Crippen molar-refractivity contribution in [1.82, 2.24) is 10.6 Å². The number of hydrogen-bond acceptors (Lipinski definition) is 8. The smallest absolute Gasteiger partial charge is 0.188 e. The van der Waals surface area contributed by atoms with Crippen LogP contribution < -0.4 is 32.1 Å². The second-order valence-electron chi connectivity index (χ2n) is 14.6. The molecule has 0 saturated heterocycles. The van der Waals surface area contributed by atoms with Crippen molar-refractivity contribution in [2.24, 2.45) is 34.4 Å². The molecule has 8 nitrogen and oxygen atoms in total. The van der Waals surface area contributed by atoms with Gasteiger partial charge in [0.15, 0.2) is 11.7 Å². The number of aliphatic hydroxyl groups excluding tert-OH is 1. The number of carbonyl (C=O) groups is 1. The first kappa shape index (κ1) is 36.9. The van der Waals surface area contributed by atoms with Crippen LogP contribution in [0.1, 0.15) is 71.1 Å². The number of Topliss-reactive ketones (excluding diaryl/α,β-unsaturated/α-hetero) is 1. The fourth-order valence-electron chi connectivity index (χ4n) is 9.01. The molecule has 2 heterocycles. The number of phenolic OH excluding ortho intramolecular Hbond substituents is 1. The number of nitrogens with zero attached hydrogens (tertiary/aromatic N) is 1. The summed E-state index contributed by atoms with van der Waals surface area (Å²) in [5, 5.41) is 33.6. The second-order valence-corrected chi connectivity index (χ2v) is 16.8. The molecule has 0 radical (unpaired) electrons. The quantitative estimate of drug-likeness (QED) is 0.0537. The van der Waals surface area contributed by atoms with Gasteiger partial charge in [0.05, 0.1) is 15.9 Å². The van der Waals surface area contributed by atoms with E-state index in [4.69, 9.17) is 5.73 Å². The van der Waals surface area contributed by atoms with E-state index in [-0.39, 0.29) is 47.2 Å². The van der Waals surface area contributed by atoms with Crippen LogP contribution in [0.3, 0.4) is 0 Å². The van der Waals surface area contributed by atoms with Gasteiger partial charge >= 0.3 is 0 Å². The van der Waals surface area contributed by atoms with Gasteiger partial charge in [-0.15, -0.1) is 28.6 Å². The molecule has 2 saturated carbocycles. The van der Waals surface area contributed by atoms with Gasteiger partial charge in [-0.1, -0.05) is 35.8 Å². The predicted octanol–water partition coefficient (Wildman–Crippen LogP) is 5.63. The van der Waals surface area contributed by atoms with Crippen LogP contribution in [0.4, 0.5) is 5.69 Å². The summed E-state index contributed by atoms with van der Waals surface area (Å²) in [5.74, 6) is 7.07. The van der Waals surface area contributed by atoms with Crippen molar-refractivity contribution in [2.45, 2.75) is 64.1 Å². The maximum absolute atomic E-state index is 14.7. The molecule has 276 valence electrons. The Labute approximate surface area is 320 Å². The molecule has 3 aliphatic carbocycles. The highest BCUT2D eigenvalue weighted by Gasteiger charge is 2.50. The molecule has 10 heteroatoms. The number of thiophene rings is 2. The van der Waals surface area contributed by atoms with Crippen molar-refractivity contribution in [3.05, 3.63) is 92.0 Å². The summed E-state index contributed by atoms with van der Waals surface area (Å²) in [6, 6.07) is 20.6. The summed E-state index contributed by atoms with van der Waals surface area (Å²) >= 11 is 3.25. The largest absolute Gasteiger partial charge is 0.508 e. The van der Waals surface area contributed by atoms with E-state index in [0.717, 1.165) is 63.0 Å². The molecular weight excluding hydrogens is 699 g/mol. The Balaban J connectivity index is 1.31. The maximum Gasteiger partial charge on any atom is 0.188 e. The lowest BCUT2D eigenvalue weighted by Gasteiger charge is -2.47. The van der Waals surface area contributed by atoms with Gasteiger partial charge in [-0.05, 0) is 122 Å². The van der Waals surface area contributed by atoms with Crippen molar-refractivity contribution >= 4 is 51.8 Å². The molecule has 7 unspecified atom stereocenters. The average Bonchev–Trinajstić information content (AvgIpc) is 3.80. The number of carbonyl (C=O) groups excluding carboxylic acids is 1. The van der Waals surface area contributed by atoms with E-state index < -0.39 is 6.10 Å². The summed E-state index contributed by atoms with van der Waals surface area (Å²) in [6.07, 6.45) is 5.17. The van der Waals surface area contributed by atoms with Gasteiger partial charge in [0.1, 0.15) is 5.75 Å². The zero-order valence-corrected chi connectivity index (χ0v) is 32.4. The normalized spacial score (nSPS) is 24.1. The van der Waals surface area contributed by atoms with Crippen LogP contribution in [-0.2, 0) is 6.54 Å². The van der Waals surface area contributed by atoms with Crippen molar-refractivity contribution < 1.29 is 15.0 Å². The van der Waals surface area contributed by atoms with Gasteiger partial charge in [-0.2, -0.15) is 0 Å². The number of nitrogens with one attached hydrogen (secondary N) is 3. The number of aliphatic hydroxyl groups is 1. The Morgan fingerprint density at radius 1 is 1.06 bits per heavy atom. The molecule has 7 rings (SSSR count). The number of rotatable bonds is 10. The molecule has 2 fully saturated rings. The Morgan fingerprint density at radius 3 is 2.64 bits per heavy atom. The molecule has 0 aliphatic heterocycles. The fraction of sp³-hybridized carbons (Fsp3) is 0.395. The number of anilines is 1. The summed E-state index contributed by atoms with van der Waals surface area (Å²) in [6.45, 7) is 4.73. The molecule has 7 atom stereocenters. The molecule has 2 aromatic carbocycles. The first-order valence-electron chi connectivity index (χ1n) is 18.6. The number of aromatic hydroxyl groups is 1. The van der Waals surface area contributed by atoms with Crippen LogP contribution in [0, 0.1) is 35.5 Å². The van der Waals surface area contributed by atoms with E-state index in [1.54, 1.807) is 42.7 Å². The predicted molar refractivity (Wildman–Crippen MR) is 219 cm³/mol. The van der Waals surface area contributed by atoms with E-state index in [1.165, 1.54) is 21.6 Å². The van der Waals surface area contributed by atoms with Crippen molar-refractivity contribution in [3.8, 4) is 27.3 Å². The van der Waals surface area contributed by atoms with Gasteiger partial charge in [-0.3, -0.25) is 9.79 Å². The molecule has 2 aromatic heterocycles. The molecule has 0 spiro atoms. The first-order chi connectivity index (χ1) is 25.7. The summed E-state index contributed by atoms with van der Waals surface area (Å²) in [7, 11) is 3.67. The molecule has 4 aromatic rings. The lowest BCUT2D eigenvalue weighted by atomic mass is 9.59. The third kappa shape index (κ3) is 7.67. The molecule has 0 amide bonds. The minimum absolute atomic E-state index is 0.00505. The number of nitrogens with two attached hydrogens (primary N) is 1.